The molecule has 0 fully saturated rings. The zero-order valence-electron chi connectivity index (χ0n) is 16.0. The summed E-state index contributed by atoms with van der Waals surface area (Å²) in [6.45, 7) is 4.42. The second kappa shape index (κ2) is 8.16. The highest BCUT2D eigenvalue weighted by Gasteiger charge is 2.27. The van der Waals surface area contributed by atoms with Gasteiger partial charge in [0.25, 0.3) is 11.5 Å². The van der Waals surface area contributed by atoms with Gasteiger partial charge in [0.2, 0.25) is 0 Å². The van der Waals surface area contributed by atoms with Crippen LogP contribution in [0.2, 0.25) is 0 Å². The number of carbonyl (C=O) groups is 1. The molecule has 8 heteroatoms. The molecule has 0 atom stereocenters. The minimum atomic E-state index is -0.678. The second-order valence-corrected chi connectivity index (χ2v) is 6.54. The van der Waals surface area contributed by atoms with Crippen molar-refractivity contribution in [1.29, 1.82) is 0 Å². The summed E-state index contributed by atoms with van der Waals surface area (Å²) in [6.07, 6.45) is 3.34. The molecule has 8 nitrogen and oxygen atoms in total. The van der Waals surface area contributed by atoms with Gasteiger partial charge >= 0.3 is 5.69 Å². The number of aromatic amines is 1. The molecule has 1 amide bonds. The Morgan fingerprint density at radius 2 is 2.04 bits per heavy atom. The predicted octanol–water partition coefficient (Wildman–Crippen LogP) is 1.75. The topological polar surface area (TPSA) is 110 Å². The first kappa shape index (κ1) is 19.5. The highest BCUT2D eigenvalue weighted by molar-refractivity contribution is 6.10. The monoisotopic (exact) mass is 384 g/mol. The maximum absolute atomic E-state index is 13.1. The van der Waals surface area contributed by atoms with E-state index in [1.54, 1.807) is 13.0 Å². The highest BCUT2D eigenvalue weighted by Crippen LogP contribution is 2.28. The number of nitrogens with one attached hydrogen (secondary N) is 1. The van der Waals surface area contributed by atoms with E-state index in [1.165, 1.54) is 9.47 Å². The number of rotatable bonds is 6. The number of aromatic nitrogens is 2. The van der Waals surface area contributed by atoms with Crippen LogP contribution in [-0.4, -0.2) is 28.6 Å². The first-order valence-corrected chi connectivity index (χ1v) is 9.34. The molecule has 0 aliphatic carbocycles. The van der Waals surface area contributed by atoms with Gasteiger partial charge in [0, 0.05) is 18.7 Å². The molecule has 2 aromatic rings. The summed E-state index contributed by atoms with van der Waals surface area (Å²) in [5.41, 5.74) is 6.09. The summed E-state index contributed by atoms with van der Waals surface area (Å²) < 4.78 is 6.96. The molecule has 0 spiro atoms. The molecule has 0 bridgehead atoms. The number of H-pyrrole nitrogens is 1. The Hall–Kier alpha value is -3.29. The Kier molecular flexibility index (Phi) is 5.67. The third-order valence-corrected chi connectivity index (χ3v) is 4.69. The molecule has 1 aliphatic rings. The van der Waals surface area contributed by atoms with Crippen LogP contribution >= 0.6 is 0 Å². The summed E-state index contributed by atoms with van der Waals surface area (Å²) in [5.74, 6) is 0.317. The molecule has 148 valence electrons. The zero-order chi connectivity index (χ0) is 20.3. The molecule has 1 aliphatic heterocycles. The van der Waals surface area contributed by atoms with Crippen molar-refractivity contribution in [2.45, 2.75) is 33.2 Å². The maximum atomic E-state index is 13.1. The smallest absolute Gasteiger partial charge is 0.330 e. The SMILES string of the molecule is CCCCn1c(N)c(N(CC)C(=O)C2=Cc3ccccc3OC2)c(=O)[nH]c1=O. The Labute approximate surface area is 162 Å². The van der Waals surface area contributed by atoms with Gasteiger partial charge in [-0.2, -0.15) is 0 Å². The Balaban J connectivity index is 2.02. The number of unbranched alkanes of at least 4 members (excludes halogenated alkanes) is 1. The van der Waals surface area contributed by atoms with Crippen LogP contribution in [0, 0.1) is 0 Å². The summed E-state index contributed by atoms with van der Waals surface area (Å²) in [4.78, 5) is 41.3. The maximum Gasteiger partial charge on any atom is 0.330 e. The van der Waals surface area contributed by atoms with Crippen molar-refractivity contribution < 1.29 is 9.53 Å². The first-order chi connectivity index (χ1) is 13.5. The summed E-state index contributed by atoms with van der Waals surface area (Å²) in [6, 6.07) is 7.40. The first-order valence-electron chi connectivity index (χ1n) is 9.34. The molecule has 0 saturated carbocycles. The van der Waals surface area contributed by atoms with Gasteiger partial charge in [-0.1, -0.05) is 31.5 Å². The van der Waals surface area contributed by atoms with E-state index in [-0.39, 0.29) is 30.6 Å². The number of amides is 1. The number of anilines is 2. The van der Waals surface area contributed by atoms with Crippen LogP contribution in [0.5, 0.6) is 5.75 Å². The molecule has 0 saturated heterocycles. The van der Waals surface area contributed by atoms with Crippen molar-refractivity contribution in [2.24, 2.45) is 0 Å². The average molecular weight is 384 g/mol. The van der Waals surface area contributed by atoms with E-state index in [1.807, 2.05) is 31.2 Å². The van der Waals surface area contributed by atoms with Gasteiger partial charge in [-0.05, 0) is 25.5 Å². The normalized spacial score (nSPS) is 12.7. The molecule has 3 rings (SSSR count). The number of benzene rings is 1. The minimum absolute atomic E-state index is 0.00451. The fourth-order valence-electron chi connectivity index (χ4n) is 3.19. The van der Waals surface area contributed by atoms with Crippen molar-refractivity contribution in [2.75, 3.05) is 23.8 Å². The fourth-order valence-corrected chi connectivity index (χ4v) is 3.19. The van der Waals surface area contributed by atoms with Crippen LogP contribution < -0.4 is 26.6 Å². The Bertz CT molecular complexity index is 1040. The molecular weight excluding hydrogens is 360 g/mol. The lowest BCUT2D eigenvalue weighted by atomic mass is 10.1. The summed E-state index contributed by atoms with van der Waals surface area (Å²) in [5, 5.41) is 0. The molecule has 0 unspecified atom stereocenters. The third-order valence-electron chi connectivity index (χ3n) is 4.69. The number of ether oxygens (including phenoxy) is 1. The van der Waals surface area contributed by atoms with Crippen LogP contribution in [0.25, 0.3) is 6.08 Å². The lowest BCUT2D eigenvalue weighted by molar-refractivity contribution is -0.115. The van der Waals surface area contributed by atoms with E-state index >= 15 is 0 Å². The van der Waals surface area contributed by atoms with Gasteiger partial charge in [-0.3, -0.25) is 19.1 Å². The van der Waals surface area contributed by atoms with Crippen LogP contribution in [0.3, 0.4) is 0 Å². The average Bonchev–Trinajstić information content (AvgIpc) is 2.70. The van der Waals surface area contributed by atoms with Crippen LogP contribution in [0.1, 0.15) is 32.3 Å². The zero-order valence-corrected chi connectivity index (χ0v) is 16.0. The fraction of sp³-hybridized carbons (Fsp3) is 0.350. The number of fused-ring (bicyclic) bond motifs is 1. The predicted molar refractivity (Wildman–Crippen MR) is 109 cm³/mol. The third kappa shape index (κ3) is 3.58. The number of nitrogens with zero attached hydrogens (tertiary/aromatic N) is 2. The van der Waals surface area contributed by atoms with Crippen molar-refractivity contribution in [3.05, 3.63) is 56.2 Å². The highest BCUT2D eigenvalue weighted by atomic mass is 16.5. The van der Waals surface area contributed by atoms with E-state index < -0.39 is 11.2 Å². The van der Waals surface area contributed by atoms with Crippen LogP contribution in [0.15, 0.2) is 39.4 Å². The second-order valence-electron chi connectivity index (χ2n) is 6.54. The number of likely N-dealkylation sites (N-methyl/N-ethyl adjacent to an activating group) is 1. The molecule has 28 heavy (non-hydrogen) atoms. The van der Waals surface area contributed by atoms with Gasteiger partial charge in [-0.15, -0.1) is 0 Å². The van der Waals surface area contributed by atoms with Crippen LogP contribution in [-0.2, 0) is 11.3 Å². The number of nitrogen functional groups attached to an aromatic ring is 1. The molecule has 0 radical (unpaired) electrons. The van der Waals surface area contributed by atoms with Crippen molar-refractivity contribution in [3.8, 4) is 5.75 Å². The van der Waals surface area contributed by atoms with E-state index in [4.69, 9.17) is 10.5 Å². The lowest BCUT2D eigenvalue weighted by Gasteiger charge is -2.26. The van der Waals surface area contributed by atoms with Crippen molar-refractivity contribution >= 4 is 23.5 Å². The van der Waals surface area contributed by atoms with Crippen LogP contribution in [0.4, 0.5) is 11.5 Å². The van der Waals surface area contributed by atoms with E-state index in [2.05, 4.69) is 4.98 Å². The van der Waals surface area contributed by atoms with Gasteiger partial charge in [-0.25, -0.2) is 4.79 Å². The van der Waals surface area contributed by atoms with E-state index in [9.17, 15) is 14.4 Å². The van der Waals surface area contributed by atoms with Gasteiger partial charge in [0.1, 0.15) is 18.2 Å². The molecule has 2 heterocycles. The van der Waals surface area contributed by atoms with E-state index in [0.717, 1.165) is 18.4 Å². The van der Waals surface area contributed by atoms with Crippen molar-refractivity contribution in [1.82, 2.24) is 9.55 Å². The lowest BCUT2D eigenvalue weighted by Crippen LogP contribution is -2.42. The van der Waals surface area contributed by atoms with Crippen molar-refractivity contribution in [3.63, 3.8) is 0 Å². The Morgan fingerprint density at radius 3 is 2.75 bits per heavy atom. The number of nitrogens with two attached hydrogens (primary N) is 1. The number of hydrogen-bond acceptors (Lipinski definition) is 5. The molecule has 1 aromatic heterocycles. The minimum Gasteiger partial charge on any atom is -0.488 e. The number of para-hydroxylation sites is 1. The molecular formula is C20H24N4O4. The van der Waals surface area contributed by atoms with Gasteiger partial charge in [0.15, 0.2) is 5.69 Å². The van der Waals surface area contributed by atoms with Gasteiger partial charge in [0.05, 0.1) is 5.57 Å². The van der Waals surface area contributed by atoms with E-state index in [0.29, 0.717) is 17.9 Å². The standard InChI is InChI=1S/C20H24N4O4/c1-3-5-10-24-17(21)16(18(25)22-20(24)27)23(4-2)19(26)14-11-13-8-6-7-9-15(13)28-12-14/h6-9,11H,3-5,10,12,21H2,1-2H3,(H,22,25,27). The summed E-state index contributed by atoms with van der Waals surface area (Å²) >= 11 is 0. The molecule has 1 aromatic carbocycles. The molecule has 3 N–H and O–H groups in total. The summed E-state index contributed by atoms with van der Waals surface area (Å²) in [7, 11) is 0. The Morgan fingerprint density at radius 1 is 1.29 bits per heavy atom. The van der Waals surface area contributed by atoms with Gasteiger partial charge < -0.3 is 15.4 Å². The number of carbonyl (C=O) groups excluding carboxylic acids is 1. The largest absolute Gasteiger partial charge is 0.488 e. The number of hydrogen-bond donors (Lipinski definition) is 2. The quantitative estimate of drug-likeness (QED) is 0.788.